The standard InChI is InChI=1S/C12H20N4O2S.2ClH/c1-16(2)9(10-4-3-5-19-10)7-14-12(18)8-15-11(17)6-13;;/h3-5,9H,6-8,13H2,1-2H3,(H,14,18)(H,15,17);2*1H. The van der Waals surface area contributed by atoms with Crippen molar-refractivity contribution in [2.45, 2.75) is 6.04 Å². The fraction of sp³-hybridized carbons (Fsp3) is 0.500. The summed E-state index contributed by atoms with van der Waals surface area (Å²) in [6, 6.07) is 4.16. The molecule has 0 aliphatic carbocycles. The number of thiophene rings is 1. The van der Waals surface area contributed by atoms with Gasteiger partial charge in [-0.1, -0.05) is 6.07 Å². The first kappa shape index (κ1) is 22.4. The molecule has 122 valence electrons. The average Bonchev–Trinajstić information content (AvgIpc) is 2.89. The van der Waals surface area contributed by atoms with Gasteiger partial charge in [-0.2, -0.15) is 0 Å². The van der Waals surface area contributed by atoms with Crippen LogP contribution in [0.4, 0.5) is 0 Å². The molecule has 0 radical (unpaired) electrons. The molecule has 0 fully saturated rings. The van der Waals surface area contributed by atoms with Crippen molar-refractivity contribution >= 4 is 48.0 Å². The predicted molar refractivity (Wildman–Crippen MR) is 90.3 cm³/mol. The number of hydrogen-bond donors (Lipinski definition) is 3. The minimum absolute atomic E-state index is 0. The van der Waals surface area contributed by atoms with Gasteiger partial charge in [-0.25, -0.2) is 0 Å². The van der Waals surface area contributed by atoms with Crippen molar-refractivity contribution in [3.05, 3.63) is 22.4 Å². The highest BCUT2D eigenvalue weighted by atomic mass is 35.5. The Morgan fingerprint density at radius 1 is 1.29 bits per heavy atom. The van der Waals surface area contributed by atoms with Crippen LogP contribution in [0.25, 0.3) is 0 Å². The zero-order valence-corrected chi connectivity index (χ0v) is 14.4. The van der Waals surface area contributed by atoms with E-state index in [0.29, 0.717) is 6.54 Å². The van der Waals surface area contributed by atoms with Crippen LogP contribution in [-0.4, -0.2) is 50.4 Å². The Morgan fingerprint density at radius 3 is 2.43 bits per heavy atom. The van der Waals surface area contributed by atoms with Crippen molar-refractivity contribution in [3.63, 3.8) is 0 Å². The third-order valence-corrected chi connectivity index (χ3v) is 3.59. The normalized spacial score (nSPS) is 11.0. The maximum atomic E-state index is 11.6. The van der Waals surface area contributed by atoms with Crippen LogP contribution in [-0.2, 0) is 9.59 Å². The number of halogens is 2. The quantitative estimate of drug-likeness (QED) is 0.659. The first-order valence-electron chi connectivity index (χ1n) is 5.98. The molecule has 0 aliphatic rings. The van der Waals surface area contributed by atoms with Gasteiger partial charge >= 0.3 is 0 Å². The smallest absolute Gasteiger partial charge is 0.239 e. The molecular weight excluding hydrogens is 335 g/mol. The van der Waals surface area contributed by atoms with Gasteiger partial charge in [-0.15, -0.1) is 36.2 Å². The average molecular weight is 357 g/mol. The summed E-state index contributed by atoms with van der Waals surface area (Å²) in [6.45, 7) is 0.355. The molecule has 0 saturated heterocycles. The van der Waals surface area contributed by atoms with E-state index in [-0.39, 0.29) is 55.8 Å². The Labute approximate surface area is 141 Å². The fourth-order valence-electron chi connectivity index (χ4n) is 1.54. The number of likely N-dealkylation sites (N-methyl/N-ethyl adjacent to an activating group) is 1. The maximum Gasteiger partial charge on any atom is 0.239 e. The summed E-state index contributed by atoms with van der Waals surface area (Å²) in [6.07, 6.45) is 0. The maximum absolute atomic E-state index is 11.6. The van der Waals surface area contributed by atoms with E-state index in [0.717, 1.165) is 0 Å². The van der Waals surface area contributed by atoms with Gasteiger partial charge in [0.25, 0.3) is 0 Å². The van der Waals surface area contributed by atoms with Crippen LogP contribution in [0, 0.1) is 0 Å². The molecule has 1 unspecified atom stereocenters. The van der Waals surface area contributed by atoms with Gasteiger partial charge in [0, 0.05) is 11.4 Å². The molecule has 1 atom stereocenters. The second kappa shape index (κ2) is 11.8. The van der Waals surface area contributed by atoms with Gasteiger partial charge in [0.15, 0.2) is 0 Å². The molecule has 1 aromatic heterocycles. The van der Waals surface area contributed by atoms with Crippen molar-refractivity contribution in [2.24, 2.45) is 5.73 Å². The molecule has 1 rings (SSSR count). The number of nitrogens with one attached hydrogen (secondary N) is 2. The van der Waals surface area contributed by atoms with Crippen LogP contribution in [0.5, 0.6) is 0 Å². The van der Waals surface area contributed by atoms with E-state index < -0.39 is 0 Å². The van der Waals surface area contributed by atoms with E-state index in [9.17, 15) is 9.59 Å². The van der Waals surface area contributed by atoms with Gasteiger partial charge in [0.05, 0.1) is 19.1 Å². The largest absolute Gasteiger partial charge is 0.353 e. The zero-order valence-electron chi connectivity index (χ0n) is 12.0. The van der Waals surface area contributed by atoms with Gasteiger partial charge in [-0.3, -0.25) is 9.59 Å². The lowest BCUT2D eigenvalue weighted by Crippen LogP contribution is -2.42. The second-order valence-electron chi connectivity index (χ2n) is 4.28. The molecule has 0 saturated carbocycles. The number of nitrogens with two attached hydrogens (primary N) is 1. The monoisotopic (exact) mass is 356 g/mol. The van der Waals surface area contributed by atoms with Crippen LogP contribution in [0.15, 0.2) is 17.5 Å². The minimum atomic E-state index is -0.336. The lowest BCUT2D eigenvalue weighted by Gasteiger charge is -2.23. The third kappa shape index (κ3) is 8.23. The molecule has 1 aromatic rings. The first-order valence-corrected chi connectivity index (χ1v) is 6.86. The number of carbonyl (C=O) groups is 2. The molecular formula is C12H22Cl2N4O2S. The summed E-state index contributed by atoms with van der Waals surface area (Å²) in [7, 11) is 3.93. The number of nitrogens with zero attached hydrogens (tertiary/aromatic N) is 1. The van der Waals surface area contributed by atoms with E-state index in [4.69, 9.17) is 5.73 Å². The Morgan fingerprint density at radius 2 is 1.95 bits per heavy atom. The second-order valence-corrected chi connectivity index (χ2v) is 5.26. The van der Waals surface area contributed by atoms with Crippen LogP contribution < -0.4 is 16.4 Å². The van der Waals surface area contributed by atoms with Crippen LogP contribution in [0.1, 0.15) is 10.9 Å². The highest BCUT2D eigenvalue weighted by Crippen LogP contribution is 2.22. The zero-order chi connectivity index (χ0) is 14.3. The van der Waals surface area contributed by atoms with Crippen LogP contribution in [0.3, 0.4) is 0 Å². The topological polar surface area (TPSA) is 87.5 Å². The molecule has 0 bridgehead atoms. The highest BCUT2D eigenvalue weighted by Gasteiger charge is 2.16. The van der Waals surface area contributed by atoms with E-state index in [1.165, 1.54) is 4.88 Å². The summed E-state index contributed by atoms with van der Waals surface area (Å²) in [4.78, 5) is 25.7. The predicted octanol–water partition coefficient (Wildman–Crippen LogP) is 0.386. The molecule has 1 heterocycles. The van der Waals surface area contributed by atoms with Crippen molar-refractivity contribution in [1.29, 1.82) is 0 Å². The van der Waals surface area contributed by atoms with Crippen molar-refractivity contribution in [2.75, 3.05) is 33.7 Å². The lowest BCUT2D eigenvalue weighted by atomic mass is 10.2. The third-order valence-electron chi connectivity index (χ3n) is 2.62. The lowest BCUT2D eigenvalue weighted by molar-refractivity contribution is -0.125. The molecule has 4 N–H and O–H groups in total. The van der Waals surface area contributed by atoms with Crippen LogP contribution >= 0.6 is 36.2 Å². The van der Waals surface area contributed by atoms with Crippen molar-refractivity contribution < 1.29 is 9.59 Å². The molecule has 2 amide bonds. The number of hydrogen-bond acceptors (Lipinski definition) is 5. The number of amides is 2. The van der Waals surface area contributed by atoms with Crippen molar-refractivity contribution in [1.82, 2.24) is 15.5 Å². The Bertz CT molecular complexity index is 415. The van der Waals surface area contributed by atoms with Gasteiger partial charge < -0.3 is 21.3 Å². The highest BCUT2D eigenvalue weighted by molar-refractivity contribution is 7.10. The summed E-state index contributed by atoms with van der Waals surface area (Å²) < 4.78 is 0. The summed E-state index contributed by atoms with van der Waals surface area (Å²) >= 11 is 1.65. The van der Waals surface area contributed by atoms with Gasteiger partial charge in [-0.05, 0) is 25.5 Å². The molecule has 21 heavy (non-hydrogen) atoms. The van der Waals surface area contributed by atoms with E-state index in [1.807, 2.05) is 36.5 Å². The summed E-state index contributed by atoms with van der Waals surface area (Å²) in [5, 5.41) is 7.24. The molecule has 0 spiro atoms. The molecule has 6 nitrogen and oxygen atoms in total. The Balaban J connectivity index is 0. The minimum Gasteiger partial charge on any atom is -0.353 e. The first-order chi connectivity index (χ1) is 9.04. The number of rotatable bonds is 7. The van der Waals surface area contributed by atoms with E-state index >= 15 is 0 Å². The summed E-state index contributed by atoms with van der Waals surface area (Å²) in [5.41, 5.74) is 5.14. The van der Waals surface area contributed by atoms with Crippen molar-refractivity contribution in [3.8, 4) is 0 Å². The Kier molecular flexibility index (Phi) is 12.6. The molecule has 9 heteroatoms. The van der Waals surface area contributed by atoms with E-state index in [1.54, 1.807) is 11.3 Å². The summed E-state index contributed by atoms with van der Waals surface area (Å²) in [5.74, 6) is -0.553. The molecule has 0 aromatic carbocycles. The van der Waals surface area contributed by atoms with Crippen LogP contribution in [0.2, 0.25) is 0 Å². The fourth-order valence-corrected chi connectivity index (χ4v) is 2.47. The Hall–Kier alpha value is -0.860. The van der Waals surface area contributed by atoms with Gasteiger partial charge in [0.2, 0.25) is 11.8 Å². The number of carbonyl (C=O) groups excluding carboxylic acids is 2. The van der Waals surface area contributed by atoms with E-state index in [2.05, 4.69) is 10.6 Å². The van der Waals surface area contributed by atoms with Gasteiger partial charge in [0.1, 0.15) is 0 Å². The molecule has 0 aliphatic heterocycles. The SMILES string of the molecule is CN(C)C(CNC(=O)CNC(=O)CN)c1cccs1.Cl.Cl.